The smallest absolute Gasteiger partial charge is 0.280 e. The number of hydrogen-bond acceptors (Lipinski definition) is 1. The van der Waals surface area contributed by atoms with Gasteiger partial charge in [-0.25, -0.2) is 0 Å². The quantitative estimate of drug-likeness (QED) is 0.545. The molecule has 1 unspecified atom stereocenters. The third kappa shape index (κ3) is 3.36. The van der Waals surface area contributed by atoms with E-state index in [4.69, 9.17) is 0 Å². The largest absolute Gasteiger partial charge is 0.460 e. The second-order valence-corrected chi connectivity index (χ2v) is 4.45. The predicted molar refractivity (Wildman–Crippen MR) is 63.9 cm³/mol. The zero-order chi connectivity index (χ0) is 16.5. The number of hydrogen-bond donors (Lipinski definition) is 0. The van der Waals surface area contributed by atoms with Crippen molar-refractivity contribution in [1.82, 2.24) is 0 Å². The summed E-state index contributed by atoms with van der Waals surface area (Å²) >= 11 is 0. The molecule has 0 spiro atoms. The summed E-state index contributed by atoms with van der Waals surface area (Å²) in [4.78, 5) is 3.29. The predicted octanol–water partition coefficient (Wildman–Crippen LogP) is 5.04. The molecule has 0 aromatic heterocycles. The van der Waals surface area contributed by atoms with Gasteiger partial charge in [-0.3, -0.25) is 4.99 Å². The monoisotopic (exact) mass is 315 g/mol. The van der Waals surface area contributed by atoms with Crippen LogP contribution in [0.1, 0.15) is 25.5 Å². The van der Waals surface area contributed by atoms with Gasteiger partial charge in [-0.1, -0.05) is 30.3 Å². The van der Waals surface area contributed by atoms with Crippen LogP contribution in [-0.4, -0.2) is 23.7 Å². The van der Waals surface area contributed by atoms with Crippen LogP contribution in [0.3, 0.4) is 0 Å². The van der Waals surface area contributed by atoms with Crippen LogP contribution in [0.25, 0.3) is 0 Å². The molecule has 0 saturated carbocycles. The van der Waals surface area contributed by atoms with Gasteiger partial charge >= 0.3 is 18.0 Å². The summed E-state index contributed by atoms with van der Waals surface area (Å²) in [6.45, 7) is 1.78. The standard InChI is InChI=1S/C13H12F7N/c1-8(10-6-4-3-5-7-10)21-9(2)11(14,15)12(16,17)13(18,19)20/h3-8H,1-2H3. The van der Waals surface area contributed by atoms with Crippen molar-refractivity contribution >= 4 is 5.71 Å². The maximum atomic E-state index is 13.4. The van der Waals surface area contributed by atoms with Gasteiger partial charge in [-0.15, -0.1) is 0 Å². The summed E-state index contributed by atoms with van der Waals surface area (Å²) in [5.74, 6) is -11.6. The minimum absolute atomic E-state index is 0.419. The molecule has 0 N–H and O–H groups in total. The van der Waals surface area contributed by atoms with Crippen molar-refractivity contribution in [1.29, 1.82) is 0 Å². The summed E-state index contributed by atoms with van der Waals surface area (Å²) in [5.41, 5.74) is -1.15. The lowest BCUT2D eigenvalue weighted by molar-refractivity contribution is -0.336. The van der Waals surface area contributed by atoms with Crippen LogP contribution in [0.15, 0.2) is 35.3 Å². The van der Waals surface area contributed by atoms with E-state index in [2.05, 4.69) is 4.99 Å². The van der Waals surface area contributed by atoms with Crippen LogP contribution >= 0.6 is 0 Å². The van der Waals surface area contributed by atoms with Crippen LogP contribution in [0.4, 0.5) is 30.7 Å². The first kappa shape index (κ1) is 17.5. The van der Waals surface area contributed by atoms with Gasteiger partial charge < -0.3 is 0 Å². The molecule has 0 saturated heterocycles. The van der Waals surface area contributed by atoms with E-state index in [1.54, 1.807) is 18.2 Å². The van der Waals surface area contributed by atoms with E-state index < -0.39 is 29.8 Å². The topological polar surface area (TPSA) is 12.4 Å². The summed E-state index contributed by atoms with van der Waals surface area (Å²) in [6, 6.07) is 6.81. The van der Waals surface area contributed by atoms with Gasteiger partial charge in [-0.05, 0) is 19.4 Å². The molecular formula is C13H12F7N. The lowest BCUT2D eigenvalue weighted by atomic mass is 10.1. The highest BCUT2D eigenvalue weighted by Gasteiger charge is 2.74. The number of nitrogens with zero attached hydrogens (tertiary/aromatic N) is 1. The fourth-order valence-electron chi connectivity index (χ4n) is 1.58. The first-order valence-corrected chi connectivity index (χ1v) is 5.83. The SMILES string of the molecule is CC(=NC(C)c1ccccc1)C(F)(F)C(F)(F)C(F)(F)F. The molecule has 1 aromatic rings. The van der Waals surface area contributed by atoms with Gasteiger partial charge in [0, 0.05) is 0 Å². The highest BCUT2D eigenvalue weighted by Crippen LogP contribution is 2.47. The van der Waals surface area contributed by atoms with Gasteiger partial charge in [0.1, 0.15) is 0 Å². The average molecular weight is 315 g/mol. The zero-order valence-corrected chi connectivity index (χ0v) is 11.1. The molecule has 1 nitrogen and oxygen atoms in total. The van der Waals surface area contributed by atoms with Gasteiger partial charge in [0.05, 0.1) is 11.8 Å². The van der Waals surface area contributed by atoms with E-state index in [0.29, 0.717) is 12.5 Å². The fraction of sp³-hybridized carbons (Fsp3) is 0.462. The third-order valence-corrected chi connectivity index (χ3v) is 2.87. The molecule has 8 heteroatoms. The van der Waals surface area contributed by atoms with Crippen molar-refractivity contribution in [2.45, 2.75) is 37.9 Å². The van der Waals surface area contributed by atoms with Gasteiger partial charge in [-0.2, -0.15) is 30.7 Å². The van der Waals surface area contributed by atoms with E-state index in [1.165, 1.54) is 19.1 Å². The second-order valence-electron chi connectivity index (χ2n) is 4.45. The maximum absolute atomic E-state index is 13.4. The second kappa shape index (κ2) is 5.65. The Morgan fingerprint density at radius 3 is 1.86 bits per heavy atom. The molecule has 0 heterocycles. The first-order valence-electron chi connectivity index (χ1n) is 5.83. The number of rotatable bonds is 4. The summed E-state index contributed by atoms with van der Waals surface area (Å²) in [6.07, 6.45) is -6.36. The Hall–Kier alpha value is -1.60. The van der Waals surface area contributed by atoms with Crippen LogP contribution in [0.2, 0.25) is 0 Å². The Balaban J connectivity index is 3.11. The number of alkyl halides is 7. The first-order chi connectivity index (χ1) is 9.41. The number of halogens is 7. The van der Waals surface area contributed by atoms with E-state index in [-0.39, 0.29) is 0 Å². The van der Waals surface area contributed by atoms with Crippen molar-refractivity contribution in [3.63, 3.8) is 0 Å². The van der Waals surface area contributed by atoms with Crippen molar-refractivity contribution in [3.05, 3.63) is 35.9 Å². The molecule has 1 aromatic carbocycles. The van der Waals surface area contributed by atoms with Crippen molar-refractivity contribution in [2.24, 2.45) is 4.99 Å². The van der Waals surface area contributed by atoms with Crippen LogP contribution in [0.5, 0.6) is 0 Å². The van der Waals surface area contributed by atoms with Gasteiger partial charge in [0.25, 0.3) is 0 Å². The molecule has 0 amide bonds. The average Bonchev–Trinajstić information content (AvgIpc) is 2.38. The van der Waals surface area contributed by atoms with Crippen molar-refractivity contribution < 1.29 is 30.7 Å². The van der Waals surface area contributed by atoms with Crippen molar-refractivity contribution in [2.75, 3.05) is 0 Å². The fourth-order valence-corrected chi connectivity index (χ4v) is 1.58. The number of benzene rings is 1. The zero-order valence-electron chi connectivity index (χ0n) is 11.1. The highest BCUT2D eigenvalue weighted by atomic mass is 19.4. The minimum atomic E-state index is -6.36. The van der Waals surface area contributed by atoms with E-state index in [0.717, 1.165) is 0 Å². The highest BCUT2D eigenvalue weighted by molar-refractivity contribution is 5.90. The molecule has 118 valence electrons. The lowest BCUT2D eigenvalue weighted by Gasteiger charge is -2.28. The molecule has 0 aliphatic rings. The Morgan fingerprint density at radius 2 is 1.43 bits per heavy atom. The molecule has 0 fully saturated rings. The summed E-state index contributed by atoms with van der Waals surface area (Å²) in [5, 5.41) is 0. The Labute approximate surface area is 116 Å². The Kier molecular flexibility index (Phi) is 4.70. The van der Waals surface area contributed by atoms with Crippen LogP contribution in [-0.2, 0) is 0 Å². The molecule has 0 bridgehead atoms. The lowest BCUT2D eigenvalue weighted by Crippen LogP contribution is -2.55. The molecule has 1 atom stereocenters. The van der Waals surface area contributed by atoms with Gasteiger partial charge in [0.2, 0.25) is 0 Å². The maximum Gasteiger partial charge on any atom is 0.460 e. The molecule has 0 aliphatic heterocycles. The van der Waals surface area contributed by atoms with Crippen molar-refractivity contribution in [3.8, 4) is 0 Å². The Morgan fingerprint density at radius 1 is 0.952 bits per heavy atom. The van der Waals surface area contributed by atoms with E-state index >= 15 is 0 Å². The molecule has 0 radical (unpaired) electrons. The normalized spacial score (nSPS) is 16.0. The summed E-state index contributed by atoms with van der Waals surface area (Å²) < 4.78 is 88.6. The molecule has 21 heavy (non-hydrogen) atoms. The van der Waals surface area contributed by atoms with Gasteiger partial charge in [0.15, 0.2) is 0 Å². The summed E-state index contributed by atoms with van der Waals surface area (Å²) in [7, 11) is 0. The van der Waals surface area contributed by atoms with Crippen LogP contribution in [0, 0.1) is 0 Å². The minimum Gasteiger partial charge on any atom is -0.280 e. The van der Waals surface area contributed by atoms with Crippen LogP contribution < -0.4 is 0 Å². The number of aliphatic imine (C=N–C) groups is 1. The van der Waals surface area contributed by atoms with E-state index in [9.17, 15) is 30.7 Å². The molecule has 1 rings (SSSR count). The molecular weight excluding hydrogens is 303 g/mol. The molecule has 0 aliphatic carbocycles. The third-order valence-electron chi connectivity index (χ3n) is 2.87. The Bertz CT molecular complexity index is 505. The van der Waals surface area contributed by atoms with E-state index in [1.807, 2.05) is 0 Å².